The van der Waals surface area contributed by atoms with E-state index in [4.69, 9.17) is 0 Å². The summed E-state index contributed by atoms with van der Waals surface area (Å²) in [5.41, 5.74) is 3.39. The van der Waals surface area contributed by atoms with Crippen LogP contribution in [-0.2, 0) is 0 Å². The van der Waals surface area contributed by atoms with Gasteiger partial charge in [0.15, 0.2) is 0 Å². The first-order valence-electron chi connectivity index (χ1n) is 9.96. The molecule has 0 aromatic heterocycles. The zero-order valence-electron chi connectivity index (χ0n) is 13.8. The van der Waals surface area contributed by atoms with E-state index >= 15 is 0 Å². The molecule has 22 heavy (non-hydrogen) atoms. The molecule has 5 aliphatic carbocycles. The third-order valence-corrected chi connectivity index (χ3v) is 7.60. The van der Waals surface area contributed by atoms with Crippen molar-refractivity contribution >= 4 is 0 Å². The number of benzene rings is 1. The van der Waals surface area contributed by atoms with Gasteiger partial charge in [0.2, 0.25) is 0 Å². The molecule has 0 radical (unpaired) electrons. The van der Waals surface area contributed by atoms with E-state index in [1.807, 2.05) is 0 Å². The van der Waals surface area contributed by atoms with Crippen molar-refractivity contribution in [2.24, 2.45) is 23.7 Å². The van der Waals surface area contributed by atoms with Crippen LogP contribution >= 0.6 is 0 Å². The molecule has 0 heterocycles. The Balaban J connectivity index is 1.43. The van der Waals surface area contributed by atoms with Crippen molar-refractivity contribution in [3.05, 3.63) is 35.4 Å². The molecule has 0 unspecified atom stereocenters. The SMILES string of the molecule is c1cc(C2CCCCC2)cc(C2C3CC4CC(C3)CC2C4)c1. The second-order valence-electron chi connectivity index (χ2n) is 8.96. The molecule has 118 valence electrons. The zero-order chi connectivity index (χ0) is 14.5. The minimum atomic E-state index is 0.866. The topological polar surface area (TPSA) is 0 Å². The van der Waals surface area contributed by atoms with Crippen molar-refractivity contribution in [1.29, 1.82) is 0 Å². The van der Waals surface area contributed by atoms with Crippen molar-refractivity contribution < 1.29 is 0 Å². The maximum Gasteiger partial charge on any atom is -0.0105 e. The Morgan fingerprint density at radius 2 is 1.32 bits per heavy atom. The number of rotatable bonds is 2. The van der Waals surface area contributed by atoms with E-state index in [9.17, 15) is 0 Å². The summed E-state index contributed by atoms with van der Waals surface area (Å²) in [7, 11) is 0. The number of hydrogen-bond donors (Lipinski definition) is 0. The third-order valence-electron chi connectivity index (χ3n) is 7.60. The summed E-state index contributed by atoms with van der Waals surface area (Å²) in [5, 5.41) is 0. The lowest BCUT2D eigenvalue weighted by Crippen LogP contribution is -2.43. The highest BCUT2D eigenvalue weighted by Crippen LogP contribution is 2.59. The molecule has 0 atom stereocenters. The fourth-order valence-corrected chi connectivity index (χ4v) is 6.93. The Morgan fingerprint density at radius 3 is 2.00 bits per heavy atom. The molecule has 0 aliphatic heterocycles. The Kier molecular flexibility index (Phi) is 3.34. The first-order valence-corrected chi connectivity index (χ1v) is 9.96. The van der Waals surface area contributed by atoms with Crippen LogP contribution in [0, 0.1) is 23.7 Å². The molecule has 5 saturated carbocycles. The lowest BCUT2D eigenvalue weighted by atomic mass is 9.50. The van der Waals surface area contributed by atoms with Crippen LogP contribution in [0.2, 0.25) is 0 Å². The van der Waals surface area contributed by atoms with Crippen molar-refractivity contribution in [1.82, 2.24) is 0 Å². The summed E-state index contributed by atoms with van der Waals surface area (Å²) in [6.07, 6.45) is 15.0. The van der Waals surface area contributed by atoms with Crippen molar-refractivity contribution in [2.75, 3.05) is 0 Å². The van der Waals surface area contributed by atoms with Gasteiger partial charge in [0.25, 0.3) is 0 Å². The maximum absolute atomic E-state index is 2.64. The van der Waals surface area contributed by atoms with Crippen molar-refractivity contribution in [2.45, 2.75) is 76.0 Å². The van der Waals surface area contributed by atoms with E-state index in [0.29, 0.717) is 0 Å². The normalized spacial score (nSPS) is 41.0. The highest BCUT2D eigenvalue weighted by atomic mass is 14.5. The summed E-state index contributed by atoms with van der Waals surface area (Å²) in [5.74, 6) is 6.03. The lowest BCUT2D eigenvalue weighted by molar-refractivity contribution is -0.00280. The Labute approximate surface area is 135 Å². The Hall–Kier alpha value is -0.780. The van der Waals surface area contributed by atoms with E-state index in [-0.39, 0.29) is 0 Å². The van der Waals surface area contributed by atoms with Gasteiger partial charge in [-0.25, -0.2) is 0 Å². The van der Waals surface area contributed by atoms with Crippen LogP contribution < -0.4 is 0 Å². The van der Waals surface area contributed by atoms with Crippen LogP contribution in [0.1, 0.15) is 87.2 Å². The molecule has 1 aromatic rings. The molecular formula is C22H30. The fourth-order valence-electron chi connectivity index (χ4n) is 6.93. The molecule has 5 aliphatic rings. The molecule has 5 fully saturated rings. The highest BCUT2D eigenvalue weighted by molar-refractivity contribution is 5.31. The minimum Gasteiger partial charge on any atom is -0.0617 e. The molecule has 0 N–H and O–H groups in total. The van der Waals surface area contributed by atoms with Gasteiger partial charge in [-0.15, -0.1) is 0 Å². The lowest BCUT2D eigenvalue weighted by Gasteiger charge is -2.54. The molecular weight excluding hydrogens is 264 g/mol. The summed E-state index contributed by atoms with van der Waals surface area (Å²) in [4.78, 5) is 0. The largest absolute Gasteiger partial charge is 0.0617 e. The molecule has 0 spiro atoms. The monoisotopic (exact) mass is 294 g/mol. The molecule has 0 nitrogen and oxygen atoms in total. The van der Waals surface area contributed by atoms with Gasteiger partial charge in [0.05, 0.1) is 0 Å². The first-order chi connectivity index (χ1) is 10.9. The third kappa shape index (κ3) is 2.25. The molecule has 1 aromatic carbocycles. The second kappa shape index (κ2) is 5.39. The van der Waals surface area contributed by atoms with Gasteiger partial charge in [-0.1, -0.05) is 43.5 Å². The predicted octanol–water partition coefficient (Wildman–Crippen LogP) is 6.27. The maximum atomic E-state index is 2.64. The van der Waals surface area contributed by atoms with Crippen LogP contribution in [0.15, 0.2) is 24.3 Å². The summed E-state index contributed by atoms with van der Waals surface area (Å²) >= 11 is 0. The van der Waals surface area contributed by atoms with Gasteiger partial charge >= 0.3 is 0 Å². The summed E-state index contributed by atoms with van der Waals surface area (Å²) < 4.78 is 0. The summed E-state index contributed by atoms with van der Waals surface area (Å²) in [6, 6.07) is 9.92. The average molecular weight is 294 g/mol. The van der Waals surface area contributed by atoms with E-state index in [1.165, 1.54) is 32.1 Å². The molecule has 6 rings (SSSR count). The minimum absolute atomic E-state index is 0.866. The van der Waals surface area contributed by atoms with Gasteiger partial charge in [0, 0.05) is 0 Å². The van der Waals surface area contributed by atoms with Gasteiger partial charge in [-0.3, -0.25) is 0 Å². The van der Waals surface area contributed by atoms with Crippen LogP contribution in [0.5, 0.6) is 0 Å². The Bertz CT molecular complexity index is 509. The average Bonchev–Trinajstić information content (AvgIpc) is 2.55. The van der Waals surface area contributed by atoms with Crippen LogP contribution in [0.3, 0.4) is 0 Å². The summed E-state index contributed by atoms with van der Waals surface area (Å²) in [6.45, 7) is 0. The molecule has 0 amide bonds. The second-order valence-corrected chi connectivity index (χ2v) is 8.96. The van der Waals surface area contributed by atoms with Gasteiger partial charge in [0.1, 0.15) is 0 Å². The number of hydrogen-bond acceptors (Lipinski definition) is 0. The van der Waals surface area contributed by atoms with Gasteiger partial charge in [-0.2, -0.15) is 0 Å². The van der Waals surface area contributed by atoms with Crippen LogP contribution in [-0.4, -0.2) is 0 Å². The van der Waals surface area contributed by atoms with E-state index in [0.717, 1.165) is 35.5 Å². The Morgan fingerprint density at radius 1 is 0.682 bits per heavy atom. The standard InChI is InChI=1S/C22H30/c1-2-5-17(6-3-1)18-7-4-8-19(14-18)22-20-10-15-9-16(12-20)13-21(22)11-15/h4,7-8,14-17,20-22H,1-3,5-6,9-13H2. The molecule has 0 heteroatoms. The quantitative estimate of drug-likeness (QED) is 0.602. The first kappa shape index (κ1) is 13.6. The van der Waals surface area contributed by atoms with Gasteiger partial charge < -0.3 is 0 Å². The highest BCUT2D eigenvalue weighted by Gasteiger charge is 2.48. The van der Waals surface area contributed by atoms with Crippen LogP contribution in [0.4, 0.5) is 0 Å². The fraction of sp³-hybridized carbons (Fsp3) is 0.727. The van der Waals surface area contributed by atoms with Gasteiger partial charge in [-0.05, 0) is 91.6 Å². The zero-order valence-corrected chi connectivity index (χ0v) is 13.8. The molecule has 0 saturated heterocycles. The van der Waals surface area contributed by atoms with Crippen LogP contribution in [0.25, 0.3) is 0 Å². The predicted molar refractivity (Wildman–Crippen MR) is 92.1 cm³/mol. The van der Waals surface area contributed by atoms with Crippen molar-refractivity contribution in [3.63, 3.8) is 0 Å². The van der Waals surface area contributed by atoms with E-state index in [2.05, 4.69) is 24.3 Å². The van der Waals surface area contributed by atoms with Crippen molar-refractivity contribution in [3.8, 4) is 0 Å². The molecule has 4 bridgehead atoms. The smallest absolute Gasteiger partial charge is 0.0105 e. The van der Waals surface area contributed by atoms with E-state index < -0.39 is 0 Å². The van der Waals surface area contributed by atoms with E-state index in [1.54, 1.807) is 43.2 Å².